The highest BCUT2D eigenvalue weighted by Gasteiger charge is 2.27. The molecule has 0 heterocycles. The Morgan fingerprint density at radius 1 is 1.38 bits per heavy atom. The zero-order valence-electron chi connectivity index (χ0n) is 11.9. The zero-order valence-corrected chi connectivity index (χ0v) is 13.5. The molecule has 2 atom stereocenters. The third kappa shape index (κ3) is 4.43. The highest BCUT2D eigenvalue weighted by atomic mass is 35.5. The van der Waals surface area contributed by atoms with Crippen molar-refractivity contribution in [3.8, 4) is 0 Å². The average molecular weight is 333 g/mol. The third-order valence-electron chi connectivity index (χ3n) is 3.80. The smallest absolute Gasteiger partial charge is 0.251 e. The van der Waals surface area contributed by atoms with Crippen LogP contribution in [0.3, 0.4) is 0 Å². The van der Waals surface area contributed by atoms with Gasteiger partial charge in [-0.15, -0.1) is 12.4 Å². The van der Waals surface area contributed by atoms with Crippen LogP contribution < -0.4 is 11.1 Å². The molecule has 0 saturated heterocycles. The van der Waals surface area contributed by atoms with Crippen LogP contribution in [0.2, 0.25) is 0 Å². The van der Waals surface area contributed by atoms with Gasteiger partial charge < -0.3 is 11.1 Å². The van der Waals surface area contributed by atoms with Gasteiger partial charge in [-0.05, 0) is 43.5 Å². The molecule has 3 N–H and O–H groups in total. The van der Waals surface area contributed by atoms with E-state index >= 15 is 0 Å². The predicted octanol–water partition coefficient (Wildman–Crippen LogP) is 1.37. The van der Waals surface area contributed by atoms with E-state index in [-0.39, 0.29) is 29.3 Å². The molecule has 5 nitrogen and oxygen atoms in total. The number of amides is 1. The fourth-order valence-electron chi connectivity index (χ4n) is 2.63. The van der Waals surface area contributed by atoms with Crippen molar-refractivity contribution in [2.24, 2.45) is 11.7 Å². The van der Waals surface area contributed by atoms with Crippen molar-refractivity contribution in [2.45, 2.75) is 30.2 Å². The van der Waals surface area contributed by atoms with Crippen LogP contribution in [0.5, 0.6) is 0 Å². The quantitative estimate of drug-likeness (QED) is 0.871. The molecule has 1 aliphatic carbocycles. The van der Waals surface area contributed by atoms with Crippen molar-refractivity contribution in [3.05, 3.63) is 29.8 Å². The first-order valence-corrected chi connectivity index (χ1v) is 8.62. The minimum Gasteiger partial charge on any atom is -0.349 e. The minimum atomic E-state index is -3.30. The Balaban J connectivity index is 0.00000220. The van der Waals surface area contributed by atoms with Crippen LogP contribution in [0, 0.1) is 5.92 Å². The van der Waals surface area contributed by atoms with Crippen molar-refractivity contribution in [1.29, 1.82) is 0 Å². The van der Waals surface area contributed by atoms with E-state index < -0.39 is 9.84 Å². The van der Waals surface area contributed by atoms with E-state index in [9.17, 15) is 13.2 Å². The molecule has 0 radical (unpaired) electrons. The summed E-state index contributed by atoms with van der Waals surface area (Å²) in [5.41, 5.74) is 6.06. The van der Waals surface area contributed by atoms with Gasteiger partial charge in [0, 0.05) is 17.9 Å². The first-order valence-electron chi connectivity index (χ1n) is 6.73. The number of halogens is 1. The first-order chi connectivity index (χ1) is 9.41. The Bertz CT molecular complexity index is 604. The van der Waals surface area contributed by atoms with Gasteiger partial charge in [0.2, 0.25) is 0 Å². The summed E-state index contributed by atoms with van der Waals surface area (Å²) in [4.78, 5) is 12.4. The molecule has 1 fully saturated rings. The molecule has 2 rings (SSSR count). The van der Waals surface area contributed by atoms with Gasteiger partial charge in [-0.2, -0.15) is 0 Å². The van der Waals surface area contributed by atoms with Gasteiger partial charge in [-0.3, -0.25) is 4.79 Å². The number of sulfone groups is 1. The number of nitrogens with two attached hydrogens (primary N) is 1. The second-order valence-corrected chi connectivity index (χ2v) is 7.32. The summed E-state index contributed by atoms with van der Waals surface area (Å²) in [6.45, 7) is 0.564. The number of rotatable bonds is 4. The number of carbonyl (C=O) groups excluding carboxylic acids is 1. The summed E-state index contributed by atoms with van der Waals surface area (Å²) in [6.07, 6.45) is 4.16. The monoisotopic (exact) mass is 332 g/mol. The van der Waals surface area contributed by atoms with E-state index in [2.05, 4.69) is 5.32 Å². The molecule has 1 aliphatic rings. The first kappa shape index (κ1) is 17.9. The minimum absolute atomic E-state index is 0. The van der Waals surface area contributed by atoms with Crippen LogP contribution in [0.25, 0.3) is 0 Å². The number of nitrogens with one attached hydrogen (secondary N) is 1. The Morgan fingerprint density at radius 2 is 2.10 bits per heavy atom. The van der Waals surface area contributed by atoms with Gasteiger partial charge in [-0.1, -0.05) is 12.5 Å². The van der Waals surface area contributed by atoms with Crippen molar-refractivity contribution < 1.29 is 13.2 Å². The lowest BCUT2D eigenvalue weighted by Crippen LogP contribution is -2.39. The lowest BCUT2D eigenvalue weighted by Gasteiger charge is -2.19. The lowest BCUT2D eigenvalue weighted by atomic mass is 10.0. The van der Waals surface area contributed by atoms with Gasteiger partial charge in [-0.25, -0.2) is 8.42 Å². The molecule has 118 valence electrons. The molecule has 0 aliphatic heterocycles. The number of benzene rings is 1. The zero-order chi connectivity index (χ0) is 14.8. The molecule has 2 unspecified atom stereocenters. The maximum absolute atomic E-state index is 12.2. The second-order valence-electron chi connectivity index (χ2n) is 5.31. The molecule has 1 amide bonds. The van der Waals surface area contributed by atoms with E-state index in [4.69, 9.17) is 5.73 Å². The fourth-order valence-corrected chi connectivity index (χ4v) is 3.30. The Kier molecular flexibility index (Phi) is 6.19. The molecule has 1 aromatic carbocycles. The van der Waals surface area contributed by atoms with Crippen molar-refractivity contribution in [3.63, 3.8) is 0 Å². The van der Waals surface area contributed by atoms with Crippen LogP contribution in [-0.4, -0.2) is 33.2 Å². The largest absolute Gasteiger partial charge is 0.349 e. The maximum atomic E-state index is 12.2. The summed E-state index contributed by atoms with van der Waals surface area (Å²) >= 11 is 0. The van der Waals surface area contributed by atoms with E-state index in [0.29, 0.717) is 18.0 Å². The summed E-state index contributed by atoms with van der Waals surface area (Å²) < 4.78 is 23.0. The molecule has 0 bridgehead atoms. The standard InChI is InChI=1S/C14H20N2O3S.ClH/c1-20(18,19)12-6-2-4-10(8-12)14(17)16-13-7-3-5-11(13)9-15;/h2,4,6,8,11,13H,3,5,7,9,15H2,1H3,(H,16,17);1H. The normalized spacial score (nSPS) is 21.6. The van der Waals surface area contributed by atoms with Gasteiger partial charge in [0.25, 0.3) is 5.91 Å². The number of carbonyl (C=O) groups is 1. The number of hydrogen-bond donors (Lipinski definition) is 2. The summed E-state index contributed by atoms with van der Waals surface area (Å²) in [5.74, 6) is 0.0814. The second kappa shape index (κ2) is 7.24. The average Bonchev–Trinajstić information content (AvgIpc) is 2.85. The molecular formula is C14H21ClN2O3S. The summed E-state index contributed by atoms with van der Waals surface area (Å²) in [5, 5.41) is 2.96. The number of hydrogen-bond acceptors (Lipinski definition) is 4. The lowest BCUT2D eigenvalue weighted by molar-refractivity contribution is 0.0928. The van der Waals surface area contributed by atoms with Gasteiger partial charge >= 0.3 is 0 Å². The van der Waals surface area contributed by atoms with Crippen LogP contribution in [-0.2, 0) is 9.84 Å². The van der Waals surface area contributed by atoms with Gasteiger partial charge in [0.05, 0.1) is 4.90 Å². The highest BCUT2D eigenvalue weighted by molar-refractivity contribution is 7.90. The van der Waals surface area contributed by atoms with Crippen LogP contribution in [0.1, 0.15) is 29.6 Å². The summed E-state index contributed by atoms with van der Waals surface area (Å²) in [7, 11) is -3.30. The van der Waals surface area contributed by atoms with Crippen molar-refractivity contribution in [2.75, 3.05) is 12.8 Å². The molecule has 0 aromatic heterocycles. The van der Waals surface area contributed by atoms with E-state index in [1.807, 2.05) is 0 Å². The van der Waals surface area contributed by atoms with Crippen LogP contribution in [0.15, 0.2) is 29.2 Å². The third-order valence-corrected chi connectivity index (χ3v) is 4.91. The Hall–Kier alpha value is -1.11. The topological polar surface area (TPSA) is 89.3 Å². The molecule has 7 heteroatoms. The fraction of sp³-hybridized carbons (Fsp3) is 0.500. The van der Waals surface area contributed by atoms with Crippen LogP contribution >= 0.6 is 12.4 Å². The maximum Gasteiger partial charge on any atom is 0.251 e. The SMILES string of the molecule is CS(=O)(=O)c1cccc(C(=O)NC2CCCC2CN)c1.Cl. The molecule has 21 heavy (non-hydrogen) atoms. The Labute approximate surface area is 131 Å². The van der Waals surface area contributed by atoms with Crippen molar-refractivity contribution >= 4 is 28.2 Å². The van der Waals surface area contributed by atoms with E-state index in [1.165, 1.54) is 12.1 Å². The van der Waals surface area contributed by atoms with Gasteiger partial charge in [0.1, 0.15) is 0 Å². The Morgan fingerprint density at radius 3 is 2.71 bits per heavy atom. The van der Waals surface area contributed by atoms with Gasteiger partial charge in [0.15, 0.2) is 9.84 Å². The van der Waals surface area contributed by atoms with E-state index in [0.717, 1.165) is 25.5 Å². The molecule has 1 aromatic rings. The van der Waals surface area contributed by atoms with Crippen LogP contribution in [0.4, 0.5) is 0 Å². The highest BCUT2D eigenvalue weighted by Crippen LogP contribution is 2.25. The predicted molar refractivity (Wildman–Crippen MR) is 84.4 cm³/mol. The molecular weight excluding hydrogens is 312 g/mol. The van der Waals surface area contributed by atoms with Crippen molar-refractivity contribution in [1.82, 2.24) is 5.32 Å². The van der Waals surface area contributed by atoms with E-state index in [1.54, 1.807) is 12.1 Å². The molecule has 1 saturated carbocycles. The molecule has 0 spiro atoms. The summed E-state index contributed by atoms with van der Waals surface area (Å²) in [6, 6.07) is 6.20.